The van der Waals surface area contributed by atoms with Crippen molar-refractivity contribution in [1.29, 1.82) is 0 Å². The van der Waals surface area contributed by atoms with Gasteiger partial charge in [-0.05, 0) is 42.3 Å². The van der Waals surface area contributed by atoms with E-state index in [-0.39, 0.29) is 16.9 Å². The number of hydrogen-bond donors (Lipinski definition) is 1. The Morgan fingerprint density at radius 3 is 2.11 bits per heavy atom. The summed E-state index contributed by atoms with van der Waals surface area (Å²) < 4.78 is 15.6. The van der Waals surface area contributed by atoms with Gasteiger partial charge >= 0.3 is 8.80 Å². The van der Waals surface area contributed by atoms with Crippen molar-refractivity contribution in [3.8, 4) is 0 Å². The Kier molecular flexibility index (Phi) is 12.3. The molecule has 0 bridgehead atoms. The van der Waals surface area contributed by atoms with Crippen molar-refractivity contribution in [2.45, 2.75) is 58.5 Å². The highest BCUT2D eigenvalue weighted by Crippen LogP contribution is 2.47. The minimum atomic E-state index is -2.29. The molecule has 1 saturated carbocycles. The third-order valence-electron chi connectivity index (χ3n) is 4.76. The molecule has 0 saturated heterocycles. The quantitative estimate of drug-likeness (QED) is 0.268. The van der Waals surface area contributed by atoms with Crippen LogP contribution in [0.4, 0.5) is 0 Å². The molecule has 0 spiro atoms. The molecule has 1 fully saturated rings. The third kappa shape index (κ3) is 9.81. The van der Waals surface area contributed by atoms with Gasteiger partial charge in [-0.3, -0.25) is 0 Å². The highest BCUT2D eigenvalue weighted by atomic mass is 32.1. The Balaban J connectivity index is 0.000000541. The van der Waals surface area contributed by atoms with Gasteiger partial charge in [-0.1, -0.05) is 20.8 Å². The van der Waals surface area contributed by atoms with Gasteiger partial charge in [-0.2, -0.15) is 12.6 Å². The molecular weight excluding hydrogens is 384 g/mol. The first-order valence-corrected chi connectivity index (χ1v) is 11.6. The first-order chi connectivity index (χ1) is 12.6. The van der Waals surface area contributed by atoms with Gasteiger partial charge < -0.3 is 13.3 Å². The first kappa shape index (κ1) is 26.2. The summed E-state index contributed by atoms with van der Waals surface area (Å²) in [6, 6.07) is 0.841. The van der Waals surface area contributed by atoms with Crippen LogP contribution in [0.3, 0.4) is 0 Å². The lowest BCUT2D eigenvalue weighted by molar-refractivity contribution is 0.0915. The van der Waals surface area contributed by atoms with Crippen molar-refractivity contribution in [2.24, 2.45) is 20.8 Å². The van der Waals surface area contributed by atoms with Crippen LogP contribution in [0, 0.1) is 10.8 Å². The zero-order valence-electron chi connectivity index (χ0n) is 17.4. The van der Waals surface area contributed by atoms with Gasteiger partial charge in [-0.25, -0.2) is 19.6 Å². The van der Waals surface area contributed by atoms with Crippen LogP contribution in [0.25, 0.3) is 0 Å². The lowest BCUT2D eigenvalue weighted by atomic mass is 9.63. The van der Waals surface area contributed by atoms with Gasteiger partial charge in [0.05, 0.1) is 12.6 Å². The minimum Gasteiger partial charge on any atom is -0.377 e. The van der Waals surface area contributed by atoms with E-state index in [2.05, 4.69) is 43.4 Å². The summed E-state index contributed by atoms with van der Waals surface area (Å²) in [6.07, 6.45) is 6.84. The molecule has 0 aromatic carbocycles. The van der Waals surface area contributed by atoms with E-state index in [0.29, 0.717) is 6.54 Å². The van der Waals surface area contributed by atoms with Crippen molar-refractivity contribution in [1.82, 2.24) is 0 Å². The Labute approximate surface area is 169 Å². The van der Waals surface area contributed by atoms with Crippen molar-refractivity contribution < 1.29 is 22.9 Å². The average molecular weight is 419 g/mol. The molecule has 0 N–H and O–H groups in total. The number of carbonyl (C=O) groups excluding carboxylic acids is 2. The second-order valence-electron chi connectivity index (χ2n) is 7.96. The molecule has 1 aliphatic carbocycles. The van der Waals surface area contributed by atoms with Crippen LogP contribution in [-0.4, -0.2) is 60.6 Å². The fourth-order valence-corrected chi connectivity index (χ4v) is 6.12. The van der Waals surface area contributed by atoms with Crippen LogP contribution in [0.1, 0.15) is 46.5 Å². The molecule has 1 aliphatic rings. The zero-order valence-corrected chi connectivity index (χ0v) is 19.3. The van der Waals surface area contributed by atoms with E-state index in [4.69, 9.17) is 13.3 Å². The molecule has 0 aromatic rings. The summed E-state index contributed by atoms with van der Waals surface area (Å²) in [5.41, 5.74) is 0.0561. The molecule has 0 aliphatic heterocycles. The molecule has 9 heteroatoms. The van der Waals surface area contributed by atoms with E-state index in [1.54, 1.807) is 33.5 Å². The van der Waals surface area contributed by atoms with Crippen molar-refractivity contribution in [2.75, 3.05) is 33.6 Å². The Hall–Kier alpha value is -0.793. The second kappa shape index (κ2) is 12.6. The topological polar surface area (TPSA) is 86.6 Å². The van der Waals surface area contributed by atoms with E-state index in [1.807, 2.05) is 0 Å². The summed E-state index contributed by atoms with van der Waals surface area (Å²) >= 11 is 4.10. The van der Waals surface area contributed by atoms with Crippen molar-refractivity contribution in [3.05, 3.63) is 0 Å². The zero-order chi connectivity index (χ0) is 21.0. The summed E-state index contributed by atoms with van der Waals surface area (Å²) in [7, 11) is 2.58. The van der Waals surface area contributed by atoms with Crippen LogP contribution in [0.2, 0.25) is 6.04 Å². The molecule has 27 heavy (non-hydrogen) atoms. The number of isocyanates is 2. The number of hydrogen-bond acceptors (Lipinski definition) is 8. The Bertz CT molecular complexity index is 524. The smallest absolute Gasteiger partial charge is 0.377 e. The monoisotopic (exact) mass is 418 g/mol. The van der Waals surface area contributed by atoms with E-state index in [1.165, 1.54) is 0 Å². The lowest BCUT2D eigenvalue weighted by Gasteiger charge is -2.44. The first-order valence-electron chi connectivity index (χ1n) is 9.02. The molecule has 2 unspecified atom stereocenters. The lowest BCUT2D eigenvalue weighted by Crippen LogP contribution is -2.42. The molecule has 1 rings (SSSR count). The van der Waals surface area contributed by atoms with Gasteiger partial charge in [0.15, 0.2) is 0 Å². The van der Waals surface area contributed by atoms with E-state index >= 15 is 0 Å². The number of rotatable bonds is 9. The highest BCUT2D eigenvalue weighted by molar-refractivity contribution is 7.80. The number of nitrogens with zero attached hydrogens (tertiary/aromatic N) is 2. The summed E-state index contributed by atoms with van der Waals surface area (Å²) in [6.45, 7) is 6.86. The maximum Gasteiger partial charge on any atom is 0.500 e. The van der Waals surface area contributed by atoms with Gasteiger partial charge in [-0.15, -0.1) is 0 Å². The average Bonchev–Trinajstić information content (AvgIpc) is 2.61. The second-order valence-corrected chi connectivity index (χ2v) is 11.5. The predicted octanol–water partition coefficient (Wildman–Crippen LogP) is 3.43. The van der Waals surface area contributed by atoms with Crippen LogP contribution in [-0.2, 0) is 22.9 Å². The third-order valence-corrected chi connectivity index (χ3v) is 7.90. The Morgan fingerprint density at radius 2 is 1.67 bits per heavy atom. The fraction of sp³-hybridized carbons (Fsp3) is 0.889. The van der Waals surface area contributed by atoms with E-state index < -0.39 is 8.80 Å². The van der Waals surface area contributed by atoms with Gasteiger partial charge in [0.2, 0.25) is 12.2 Å². The molecular formula is C18H34N2O5SSi. The number of aliphatic imine (C=N–C) groups is 2. The van der Waals surface area contributed by atoms with E-state index in [9.17, 15) is 9.59 Å². The molecule has 0 amide bonds. The molecule has 0 heterocycles. The van der Waals surface area contributed by atoms with Crippen LogP contribution in [0.5, 0.6) is 0 Å². The number of thiol groups is 1. The minimum absolute atomic E-state index is 0.00750. The van der Waals surface area contributed by atoms with Gasteiger partial charge in [0.1, 0.15) is 0 Å². The van der Waals surface area contributed by atoms with Crippen LogP contribution in [0.15, 0.2) is 9.98 Å². The SMILES string of the molecule is CC1(C)CC(N=C=O)CC(C)(CN=C=O)C1.CO[Si](CCCS)(OC)OC. The largest absolute Gasteiger partial charge is 0.500 e. The van der Waals surface area contributed by atoms with Crippen LogP contribution < -0.4 is 0 Å². The summed E-state index contributed by atoms with van der Waals surface area (Å²) in [5, 5.41) is 0. The maximum atomic E-state index is 10.3. The Morgan fingerprint density at radius 1 is 1.07 bits per heavy atom. The van der Waals surface area contributed by atoms with Crippen molar-refractivity contribution >= 4 is 33.6 Å². The maximum absolute atomic E-state index is 10.3. The molecule has 156 valence electrons. The normalized spacial score (nSPS) is 24.0. The van der Waals surface area contributed by atoms with Crippen LogP contribution >= 0.6 is 12.6 Å². The van der Waals surface area contributed by atoms with Gasteiger partial charge in [0, 0.05) is 27.4 Å². The molecule has 2 atom stereocenters. The molecule has 0 radical (unpaired) electrons. The summed E-state index contributed by atoms with van der Waals surface area (Å²) in [5.74, 6) is 0.838. The predicted molar refractivity (Wildman–Crippen MR) is 111 cm³/mol. The highest BCUT2D eigenvalue weighted by Gasteiger charge is 2.41. The summed E-state index contributed by atoms with van der Waals surface area (Å²) in [4.78, 5) is 28.0. The van der Waals surface area contributed by atoms with Crippen molar-refractivity contribution in [3.63, 3.8) is 0 Å². The fourth-order valence-electron chi connectivity index (χ4n) is 3.94. The standard InChI is InChI=1S/C12H18N2O2.C6H16O3SSi/c1-11(2)4-10(14-9-16)5-12(3,6-11)7-13-8-15;1-7-11(8-2,9-3)6-4-5-10/h10H,4-7H2,1-3H3;10H,4-6H2,1-3H3. The van der Waals surface area contributed by atoms with E-state index in [0.717, 1.165) is 37.5 Å². The van der Waals surface area contributed by atoms with Gasteiger partial charge in [0.25, 0.3) is 0 Å². The molecule has 0 aromatic heterocycles. The molecule has 7 nitrogen and oxygen atoms in total.